The van der Waals surface area contributed by atoms with E-state index in [2.05, 4.69) is 6.92 Å². The molecule has 4 aliphatic rings. The Bertz CT molecular complexity index is 809. The molecule has 31 heavy (non-hydrogen) atoms. The lowest BCUT2D eigenvalue weighted by atomic mass is 9.43. The number of carbonyl (C=O) groups is 2. The Morgan fingerprint density at radius 2 is 1.61 bits per heavy atom. The van der Waals surface area contributed by atoms with Gasteiger partial charge in [0.15, 0.2) is 0 Å². The molecule has 4 saturated carbocycles. The number of carbonyl (C=O) groups excluding carboxylic acids is 2. The Hall–Kier alpha value is -1.53. The molecule has 4 aliphatic carbocycles. The highest BCUT2D eigenvalue weighted by Gasteiger charge is 2.68. The quantitative estimate of drug-likeness (QED) is 0.512. The van der Waals surface area contributed by atoms with Crippen molar-refractivity contribution in [2.75, 3.05) is 0 Å². The molecule has 4 fully saturated rings. The summed E-state index contributed by atoms with van der Waals surface area (Å²) < 4.78 is 56.0. The minimum Gasteiger partial charge on any atom is -0.462 e. The van der Waals surface area contributed by atoms with Crippen LogP contribution in [-0.2, 0) is 19.1 Å². The van der Waals surface area contributed by atoms with Crippen LogP contribution in [0.4, 0.5) is 13.2 Å². The predicted molar refractivity (Wildman–Crippen MR) is 108 cm³/mol. The summed E-state index contributed by atoms with van der Waals surface area (Å²) >= 11 is 0. The SMILES string of the molecule is CC(=O)OC1CC[C@]2(C)[C@@H]3CC[C@]4(C)C(OC(C)=O)CC[C@H]4[C@@H]3CC(=C(F)F)C2(F)C1. The van der Waals surface area contributed by atoms with Crippen molar-refractivity contribution in [2.45, 2.75) is 96.9 Å². The molecule has 0 heterocycles. The molecule has 0 bridgehead atoms. The fraction of sp³-hybridized carbons (Fsp3) is 0.833. The smallest absolute Gasteiger partial charge is 0.302 e. The lowest BCUT2D eigenvalue weighted by molar-refractivity contribution is -0.181. The maximum absolute atomic E-state index is 16.7. The van der Waals surface area contributed by atoms with Gasteiger partial charge >= 0.3 is 11.9 Å². The number of hydrogen-bond donors (Lipinski definition) is 0. The van der Waals surface area contributed by atoms with Gasteiger partial charge in [-0.1, -0.05) is 13.8 Å². The van der Waals surface area contributed by atoms with Crippen molar-refractivity contribution >= 4 is 11.9 Å². The molecule has 3 unspecified atom stereocenters. The molecule has 0 aromatic rings. The Morgan fingerprint density at radius 1 is 0.935 bits per heavy atom. The highest BCUT2D eigenvalue weighted by molar-refractivity contribution is 5.66. The zero-order valence-electron chi connectivity index (χ0n) is 18.8. The number of hydrogen-bond acceptors (Lipinski definition) is 4. The van der Waals surface area contributed by atoms with Gasteiger partial charge in [0.2, 0.25) is 0 Å². The predicted octanol–water partition coefficient (Wildman–Crippen LogP) is 5.75. The molecule has 7 heteroatoms. The fourth-order valence-corrected chi connectivity index (χ4v) is 7.92. The van der Waals surface area contributed by atoms with Crippen LogP contribution in [-0.4, -0.2) is 29.8 Å². The molecular formula is C24H33F3O4. The second-order valence-electron chi connectivity index (χ2n) is 10.7. The van der Waals surface area contributed by atoms with Crippen molar-refractivity contribution in [3.63, 3.8) is 0 Å². The monoisotopic (exact) mass is 442 g/mol. The van der Waals surface area contributed by atoms with Crippen LogP contribution in [0.1, 0.15) is 79.1 Å². The molecule has 4 nitrogen and oxygen atoms in total. The van der Waals surface area contributed by atoms with Crippen molar-refractivity contribution in [3.8, 4) is 0 Å². The van der Waals surface area contributed by atoms with E-state index in [9.17, 15) is 18.4 Å². The maximum Gasteiger partial charge on any atom is 0.302 e. The standard InChI is InChI=1S/C24H33F3O4/c1-13(28)30-15-7-10-23(4)18-8-9-22(3)17(5-6-20(22)31-14(2)29)16(18)11-19(21(25)26)24(23,27)12-15/h15-18,20H,5-12H2,1-4H3/t15?,16-,17-,18+,20?,22-,23+,24?/m0/s1. The summed E-state index contributed by atoms with van der Waals surface area (Å²) in [6, 6.07) is 0. The summed E-state index contributed by atoms with van der Waals surface area (Å²) in [5.74, 6) is -0.778. The number of rotatable bonds is 2. The van der Waals surface area contributed by atoms with Gasteiger partial charge in [0.05, 0.1) is 0 Å². The molecule has 0 saturated heterocycles. The van der Waals surface area contributed by atoms with E-state index in [1.165, 1.54) is 13.8 Å². The molecule has 0 aliphatic heterocycles. The number of halogens is 3. The number of ether oxygens (including phenoxy) is 2. The van der Waals surface area contributed by atoms with Crippen LogP contribution >= 0.6 is 0 Å². The summed E-state index contributed by atoms with van der Waals surface area (Å²) in [7, 11) is 0. The average Bonchev–Trinajstić information content (AvgIpc) is 2.97. The van der Waals surface area contributed by atoms with Crippen LogP contribution < -0.4 is 0 Å². The van der Waals surface area contributed by atoms with E-state index < -0.39 is 34.8 Å². The van der Waals surface area contributed by atoms with Crippen LogP contribution in [0.25, 0.3) is 0 Å². The molecule has 8 atom stereocenters. The molecule has 0 amide bonds. The van der Waals surface area contributed by atoms with Crippen LogP contribution in [0.5, 0.6) is 0 Å². The van der Waals surface area contributed by atoms with E-state index in [0.717, 1.165) is 25.7 Å². The van der Waals surface area contributed by atoms with E-state index in [1.54, 1.807) is 0 Å². The first-order valence-corrected chi connectivity index (χ1v) is 11.5. The molecule has 174 valence electrons. The summed E-state index contributed by atoms with van der Waals surface area (Å²) in [5.41, 5.74) is -3.75. The molecule has 4 rings (SSSR count). The van der Waals surface area contributed by atoms with Crippen LogP contribution in [0.15, 0.2) is 11.7 Å². The van der Waals surface area contributed by atoms with Crippen molar-refractivity contribution in [1.82, 2.24) is 0 Å². The summed E-state index contributed by atoms with van der Waals surface area (Å²) in [6.07, 6.45) is 0.992. The van der Waals surface area contributed by atoms with Gasteiger partial charge in [-0.3, -0.25) is 9.59 Å². The van der Waals surface area contributed by atoms with Gasteiger partial charge < -0.3 is 9.47 Å². The van der Waals surface area contributed by atoms with Gasteiger partial charge in [-0.05, 0) is 62.7 Å². The molecule has 0 radical (unpaired) electrons. The average molecular weight is 443 g/mol. The van der Waals surface area contributed by atoms with E-state index in [0.29, 0.717) is 12.8 Å². The van der Waals surface area contributed by atoms with Crippen molar-refractivity contribution in [3.05, 3.63) is 11.7 Å². The third-order valence-corrected chi connectivity index (χ3v) is 9.36. The maximum atomic E-state index is 16.7. The second kappa shape index (κ2) is 7.51. The minimum absolute atomic E-state index is 0.0203. The lowest BCUT2D eigenvalue weighted by Crippen LogP contribution is -2.62. The van der Waals surface area contributed by atoms with Crippen molar-refractivity contribution < 1.29 is 32.2 Å². The molecule has 0 spiro atoms. The molecule has 0 N–H and O–H groups in total. The summed E-state index contributed by atoms with van der Waals surface area (Å²) in [4.78, 5) is 23.0. The topological polar surface area (TPSA) is 52.6 Å². The number of esters is 2. The normalized spacial score (nSPS) is 46.4. The first kappa shape index (κ1) is 22.7. The molecule has 0 aromatic heterocycles. The number of allylic oxidation sites excluding steroid dienone is 1. The zero-order chi connectivity index (χ0) is 22.8. The van der Waals surface area contributed by atoms with E-state index in [4.69, 9.17) is 9.47 Å². The van der Waals surface area contributed by atoms with Gasteiger partial charge in [-0.25, -0.2) is 4.39 Å². The summed E-state index contributed by atoms with van der Waals surface area (Å²) in [6.45, 7) is 6.62. The first-order chi connectivity index (χ1) is 14.4. The Labute approximate surface area is 181 Å². The fourth-order valence-electron chi connectivity index (χ4n) is 7.92. The first-order valence-electron chi connectivity index (χ1n) is 11.5. The lowest BCUT2D eigenvalue weighted by Gasteiger charge is -2.63. The van der Waals surface area contributed by atoms with Crippen molar-refractivity contribution in [1.29, 1.82) is 0 Å². The number of alkyl halides is 1. The summed E-state index contributed by atoms with van der Waals surface area (Å²) in [5, 5.41) is 0. The van der Waals surface area contributed by atoms with E-state index in [1.807, 2.05) is 6.92 Å². The Balaban J connectivity index is 1.69. The highest BCUT2D eigenvalue weighted by atomic mass is 19.3. The third kappa shape index (κ3) is 3.32. The van der Waals surface area contributed by atoms with Gasteiger partial charge in [-0.2, -0.15) is 8.78 Å². The molecular weight excluding hydrogens is 409 g/mol. The van der Waals surface area contributed by atoms with Crippen LogP contribution in [0.2, 0.25) is 0 Å². The minimum atomic E-state index is -2.17. The van der Waals surface area contributed by atoms with Gasteiger partial charge in [0, 0.05) is 36.7 Å². The zero-order valence-corrected chi connectivity index (χ0v) is 18.8. The van der Waals surface area contributed by atoms with Crippen LogP contribution in [0.3, 0.4) is 0 Å². The third-order valence-electron chi connectivity index (χ3n) is 9.36. The van der Waals surface area contributed by atoms with Gasteiger partial charge in [-0.15, -0.1) is 0 Å². The molecule has 0 aromatic carbocycles. The van der Waals surface area contributed by atoms with Gasteiger partial charge in [0.25, 0.3) is 6.08 Å². The van der Waals surface area contributed by atoms with Crippen LogP contribution in [0, 0.1) is 28.6 Å². The number of fused-ring (bicyclic) bond motifs is 5. The van der Waals surface area contributed by atoms with E-state index >= 15 is 4.39 Å². The van der Waals surface area contributed by atoms with E-state index in [-0.39, 0.29) is 48.1 Å². The second-order valence-corrected chi connectivity index (χ2v) is 10.7. The largest absolute Gasteiger partial charge is 0.462 e. The van der Waals surface area contributed by atoms with Crippen molar-refractivity contribution in [2.24, 2.45) is 28.6 Å². The Morgan fingerprint density at radius 3 is 2.23 bits per heavy atom. The van der Waals surface area contributed by atoms with Gasteiger partial charge in [0.1, 0.15) is 17.9 Å². The Kier molecular flexibility index (Phi) is 5.49. The highest BCUT2D eigenvalue weighted by Crippen LogP contribution is 2.70.